The molecule has 0 saturated carbocycles. The molecule has 6 heteroatoms. The van der Waals surface area contributed by atoms with Crippen LogP contribution in [0.2, 0.25) is 0 Å². The minimum absolute atomic E-state index is 0.0422. The number of benzene rings is 2. The van der Waals surface area contributed by atoms with Gasteiger partial charge in [0.25, 0.3) is 5.91 Å². The van der Waals surface area contributed by atoms with Crippen LogP contribution in [0, 0.1) is 0 Å². The number of anilines is 1. The number of esters is 1. The number of hydrogen-bond donors (Lipinski definition) is 1. The molecule has 0 unspecified atom stereocenters. The first kappa shape index (κ1) is 19.8. The van der Waals surface area contributed by atoms with Gasteiger partial charge < -0.3 is 10.1 Å². The summed E-state index contributed by atoms with van der Waals surface area (Å²) in [7, 11) is 0. The van der Waals surface area contributed by atoms with Crippen LogP contribution in [0.15, 0.2) is 53.0 Å². The average molecular weight is 418 g/mol. The minimum Gasteiger partial charge on any atom is -0.456 e. The molecule has 5 nitrogen and oxygen atoms in total. The summed E-state index contributed by atoms with van der Waals surface area (Å²) in [5, 5.41) is 2.66. The lowest BCUT2D eigenvalue weighted by Crippen LogP contribution is -2.21. The van der Waals surface area contributed by atoms with Crippen molar-refractivity contribution in [3.8, 4) is 0 Å². The number of nitrogens with one attached hydrogen (secondary N) is 1. The van der Waals surface area contributed by atoms with Gasteiger partial charge in [0.2, 0.25) is 0 Å². The fourth-order valence-corrected chi connectivity index (χ4v) is 2.50. The molecule has 0 fully saturated rings. The molecule has 0 aromatic heterocycles. The maximum Gasteiger partial charge on any atom is 0.306 e. The second kappa shape index (κ2) is 9.87. The molecule has 2 aromatic carbocycles. The van der Waals surface area contributed by atoms with Crippen molar-refractivity contribution in [2.24, 2.45) is 0 Å². The summed E-state index contributed by atoms with van der Waals surface area (Å²) in [5.41, 5.74) is 2.35. The molecule has 136 valence electrons. The van der Waals surface area contributed by atoms with Crippen molar-refractivity contribution in [2.75, 3.05) is 11.9 Å². The van der Waals surface area contributed by atoms with Crippen molar-refractivity contribution in [1.82, 2.24) is 0 Å². The van der Waals surface area contributed by atoms with Gasteiger partial charge in [-0.1, -0.05) is 47.1 Å². The molecule has 0 aliphatic carbocycles. The van der Waals surface area contributed by atoms with E-state index in [1.54, 1.807) is 36.4 Å². The maximum absolute atomic E-state index is 12.0. The van der Waals surface area contributed by atoms with Crippen LogP contribution in [0.4, 0.5) is 5.69 Å². The van der Waals surface area contributed by atoms with E-state index >= 15 is 0 Å². The summed E-state index contributed by atoms with van der Waals surface area (Å²) in [4.78, 5) is 35.5. The third-order valence-electron chi connectivity index (χ3n) is 3.73. The summed E-state index contributed by atoms with van der Waals surface area (Å²) in [6.45, 7) is 1.68. The predicted molar refractivity (Wildman–Crippen MR) is 103 cm³/mol. The smallest absolute Gasteiger partial charge is 0.306 e. The van der Waals surface area contributed by atoms with E-state index in [1.807, 2.05) is 12.1 Å². The van der Waals surface area contributed by atoms with Crippen LogP contribution in [0.25, 0.3) is 0 Å². The maximum atomic E-state index is 12.0. The molecule has 0 radical (unpaired) electrons. The SMILES string of the molecule is CCc1ccc(NC(=O)COC(=O)CCC(=O)c2ccc(Br)cc2)cc1. The van der Waals surface area contributed by atoms with Crippen molar-refractivity contribution < 1.29 is 19.1 Å². The van der Waals surface area contributed by atoms with Gasteiger partial charge in [0, 0.05) is 22.1 Å². The van der Waals surface area contributed by atoms with Gasteiger partial charge in [0.15, 0.2) is 12.4 Å². The lowest BCUT2D eigenvalue weighted by Gasteiger charge is -2.07. The largest absolute Gasteiger partial charge is 0.456 e. The van der Waals surface area contributed by atoms with Crippen LogP contribution >= 0.6 is 15.9 Å². The molecule has 2 aromatic rings. The fourth-order valence-electron chi connectivity index (χ4n) is 2.23. The Hall–Kier alpha value is -2.47. The average Bonchev–Trinajstić information content (AvgIpc) is 2.65. The number of ether oxygens (including phenoxy) is 1. The molecular formula is C20H20BrNO4. The number of hydrogen-bond acceptors (Lipinski definition) is 4. The Kier molecular flexibility index (Phi) is 7.53. The van der Waals surface area contributed by atoms with Gasteiger partial charge in [0.05, 0.1) is 6.42 Å². The Morgan fingerprint density at radius 2 is 1.62 bits per heavy atom. The van der Waals surface area contributed by atoms with Gasteiger partial charge in [0.1, 0.15) is 0 Å². The van der Waals surface area contributed by atoms with Crippen LogP contribution in [0.3, 0.4) is 0 Å². The topological polar surface area (TPSA) is 72.5 Å². The first-order valence-electron chi connectivity index (χ1n) is 8.31. The zero-order valence-corrected chi connectivity index (χ0v) is 16.0. The van der Waals surface area contributed by atoms with Gasteiger partial charge >= 0.3 is 5.97 Å². The van der Waals surface area contributed by atoms with Gasteiger partial charge in [-0.05, 0) is 36.2 Å². The lowest BCUT2D eigenvalue weighted by molar-refractivity contribution is -0.147. The predicted octanol–water partition coefficient (Wildman–Crippen LogP) is 4.16. The highest BCUT2D eigenvalue weighted by molar-refractivity contribution is 9.10. The number of aryl methyl sites for hydroxylation is 1. The van der Waals surface area contributed by atoms with Crippen molar-refractivity contribution in [3.63, 3.8) is 0 Å². The third kappa shape index (κ3) is 6.44. The van der Waals surface area contributed by atoms with E-state index in [1.165, 1.54) is 5.56 Å². The zero-order valence-electron chi connectivity index (χ0n) is 14.5. The van der Waals surface area contributed by atoms with E-state index in [4.69, 9.17) is 4.74 Å². The van der Waals surface area contributed by atoms with Crippen LogP contribution in [0.5, 0.6) is 0 Å². The Morgan fingerprint density at radius 3 is 2.23 bits per heavy atom. The highest BCUT2D eigenvalue weighted by Gasteiger charge is 2.12. The molecule has 0 heterocycles. The number of carbonyl (C=O) groups is 3. The quantitative estimate of drug-likeness (QED) is 0.516. The summed E-state index contributed by atoms with van der Waals surface area (Å²) in [6.07, 6.45) is 0.902. The molecule has 0 atom stereocenters. The second-order valence-corrected chi connectivity index (χ2v) is 6.61. The number of halogens is 1. The van der Waals surface area contributed by atoms with Crippen LogP contribution in [0.1, 0.15) is 35.7 Å². The van der Waals surface area contributed by atoms with E-state index < -0.39 is 11.9 Å². The molecule has 2 rings (SSSR count). The molecular weight excluding hydrogens is 398 g/mol. The van der Waals surface area contributed by atoms with E-state index in [0.29, 0.717) is 11.3 Å². The highest BCUT2D eigenvalue weighted by Crippen LogP contribution is 2.13. The van der Waals surface area contributed by atoms with E-state index in [9.17, 15) is 14.4 Å². The molecule has 0 bridgehead atoms. The Balaban J connectivity index is 1.71. The number of carbonyl (C=O) groups excluding carboxylic acids is 3. The molecule has 1 amide bonds. The van der Waals surface area contributed by atoms with Gasteiger partial charge in [-0.2, -0.15) is 0 Å². The summed E-state index contributed by atoms with van der Waals surface area (Å²) in [5.74, 6) is -1.14. The second-order valence-electron chi connectivity index (χ2n) is 5.69. The van der Waals surface area contributed by atoms with Crippen molar-refractivity contribution >= 4 is 39.3 Å². The number of ketones is 1. The van der Waals surface area contributed by atoms with Gasteiger partial charge in [-0.3, -0.25) is 14.4 Å². The summed E-state index contributed by atoms with van der Waals surface area (Å²) >= 11 is 3.30. The fraction of sp³-hybridized carbons (Fsp3) is 0.250. The number of rotatable bonds is 8. The minimum atomic E-state index is -0.577. The first-order chi connectivity index (χ1) is 12.5. The summed E-state index contributed by atoms with van der Waals surface area (Å²) in [6, 6.07) is 14.4. The van der Waals surface area contributed by atoms with E-state index in [2.05, 4.69) is 28.2 Å². The molecule has 0 spiro atoms. The third-order valence-corrected chi connectivity index (χ3v) is 4.26. The molecule has 0 aliphatic heterocycles. The van der Waals surface area contributed by atoms with Crippen molar-refractivity contribution in [1.29, 1.82) is 0 Å². The lowest BCUT2D eigenvalue weighted by atomic mass is 10.1. The van der Waals surface area contributed by atoms with Crippen molar-refractivity contribution in [3.05, 3.63) is 64.1 Å². The standard InChI is InChI=1S/C20H20BrNO4/c1-2-14-3-9-17(10-4-14)22-19(24)13-26-20(25)12-11-18(23)15-5-7-16(21)8-6-15/h3-10H,2,11-13H2,1H3,(H,22,24). The highest BCUT2D eigenvalue weighted by atomic mass is 79.9. The number of amides is 1. The Bertz CT molecular complexity index is 769. The molecule has 1 N–H and O–H groups in total. The van der Waals surface area contributed by atoms with Crippen LogP contribution in [-0.2, 0) is 20.7 Å². The van der Waals surface area contributed by atoms with Crippen molar-refractivity contribution in [2.45, 2.75) is 26.2 Å². The Morgan fingerprint density at radius 1 is 0.962 bits per heavy atom. The molecule has 26 heavy (non-hydrogen) atoms. The van der Waals surface area contributed by atoms with Gasteiger partial charge in [-0.25, -0.2) is 0 Å². The van der Waals surface area contributed by atoms with E-state index in [-0.39, 0.29) is 25.2 Å². The van der Waals surface area contributed by atoms with Gasteiger partial charge in [-0.15, -0.1) is 0 Å². The Labute approximate surface area is 160 Å². The monoisotopic (exact) mass is 417 g/mol. The van der Waals surface area contributed by atoms with Crippen LogP contribution < -0.4 is 5.32 Å². The molecule has 0 saturated heterocycles. The van der Waals surface area contributed by atoms with Crippen LogP contribution in [-0.4, -0.2) is 24.3 Å². The summed E-state index contributed by atoms with van der Waals surface area (Å²) < 4.78 is 5.79. The first-order valence-corrected chi connectivity index (χ1v) is 9.10. The zero-order chi connectivity index (χ0) is 18.9. The normalized spacial score (nSPS) is 10.2. The number of Topliss-reactive ketones (excluding diaryl/α,β-unsaturated/α-hetero) is 1. The molecule has 0 aliphatic rings. The van der Waals surface area contributed by atoms with E-state index in [0.717, 1.165) is 10.9 Å².